The highest BCUT2D eigenvalue weighted by atomic mass is 16.7. The number of likely N-dealkylation sites (tertiary alicyclic amines) is 1. The Kier molecular flexibility index (Phi) is 7.13. The van der Waals surface area contributed by atoms with Gasteiger partial charge in [0.25, 0.3) is 0 Å². The molecule has 2 bridgehead atoms. The van der Waals surface area contributed by atoms with Crippen molar-refractivity contribution in [3.05, 3.63) is 0 Å². The van der Waals surface area contributed by atoms with E-state index in [1.807, 2.05) is 0 Å². The van der Waals surface area contributed by atoms with E-state index in [1.54, 1.807) is 6.92 Å². The molecule has 1 aliphatic heterocycles. The number of carbonyl (C=O) groups is 3. The van der Waals surface area contributed by atoms with Crippen LogP contribution in [0.5, 0.6) is 0 Å². The van der Waals surface area contributed by atoms with E-state index in [0.29, 0.717) is 43.7 Å². The fraction of sp³-hybridized carbons (Fsp3) is 0.864. The van der Waals surface area contributed by atoms with Gasteiger partial charge in [-0.25, -0.2) is 0 Å². The van der Waals surface area contributed by atoms with Gasteiger partial charge in [-0.3, -0.25) is 19.3 Å². The van der Waals surface area contributed by atoms with E-state index in [9.17, 15) is 14.4 Å². The molecule has 158 valence electrons. The van der Waals surface area contributed by atoms with Crippen LogP contribution >= 0.6 is 0 Å². The Morgan fingerprint density at radius 3 is 2.32 bits per heavy atom. The van der Waals surface area contributed by atoms with Crippen molar-refractivity contribution >= 4 is 17.8 Å². The van der Waals surface area contributed by atoms with Crippen LogP contribution in [0.15, 0.2) is 0 Å². The van der Waals surface area contributed by atoms with Crippen LogP contribution in [0.1, 0.15) is 72.1 Å². The van der Waals surface area contributed by atoms with Crippen LogP contribution in [0.2, 0.25) is 0 Å². The van der Waals surface area contributed by atoms with Gasteiger partial charge in [0.2, 0.25) is 11.8 Å². The molecule has 0 N–H and O–H groups in total. The fourth-order valence-electron chi connectivity index (χ4n) is 5.52. The second kappa shape index (κ2) is 9.38. The highest BCUT2D eigenvalue weighted by Crippen LogP contribution is 2.59. The maximum absolute atomic E-state index is 12.8. The monoisotopic (exact) mass is 393 g/mol. The second-order valence-corrected chi connectivity index (χ2v) is 8.74. The number of unbranched alkanes of at least 4 members (excludes halogenated alkanes) is 3. The van der Waals surface area contributed by atoms with Gasteiger partial charge in [-0.2, -0.15) is 0 Å². The summed E-state index contributed by atoms with van der Waals surface area (Å²) in [5.41, 5.74) is 0. The average molecular weight is 394 g/mol. The van der Waals surface area contributed by atoms with Crippen molar-refractivity contribution in [2.75, 3.05) is 13.2 Å². The Bertz CT molecular complexity index is 561. The Balaban J connectivity index is 1.32. The number of esters is 1. The van der Waals surface area contributed by atoms with E-state index in [2.05, 4.69) is 13.8 Å². The molecule has 0 aromatic heterocycles. The molecule has 0 aromatic carbocycles. The number of ether oxygens (including phenoxy) is 2. The van der Waals surface area contributed by atoms with Gasteiger partial charge in [0.15, 0.2) is 6.29 Å². The molecular formula is C22H35NO5. The average Bonchev–Trinajstić information content (AvgIpc) is 3.24. The molecule has 1 saturated heterocycles. The summed E-state index contributed by atoms with van der Waals surface area (Å²) in [6, 6.07) is 0. The number of hydrogen-bond donors (Lipinski definition) is 0. The lowest BCUT2D eigenvalue weighted by Gasteiger charge is -2.19. The summed E-state index contributed by atoms with van der Waals surface area (Å²) in [5.74, 6) is 1.11. The van der Waals surface area contributed by atoms with E-state index in [0.717, 1.165) is 38.5 Å². The topological polar surface area (TPSA) is 72.9 Å². The van der Waals surface area contributed by atoms with Gasteiger partial charge in [0.05, 0.1) is 18.4 Å². The molecule has 6 nitrogen and oxygen atoms in total. The van der Waals surface area contributed by atoms with Crippen molar-refractivity contribution < 1.29 is 23.9 Å². The largest absolute Gasteiger partial charge is 0.436 e. The number of fused-ring (bicyclic) bond motifs is 5. The third kappa shape index (κ3) is 4.27. The number of carbonyl (C=O) groups excluding carboxylic acids is 3. The smallest absolute Gasteiger partial charge is 0.308 e. The zero-order valence-corrected chi connectivity index (χ0v) is 17.5. The third-order valence-corrected chi connectivity index (χ3v) is 7.01. The molecule has 0 radical (unpaired) electrons. The molecule has 6 heteroatoms. The van der Waals surface area contributed by atoms with Crippen LogP contribution in [0.3, 0.4) is 0 Å². The lowest BCUT2D eigenvalue weighted by atomic mass is 9.81. The number of imide groups is 1. The van der Waals surface area contributed by atoms with Crippen LogP contribution in [-0.4, -0.2) is 42.1 Å². The summed E-state index contributed by atoms with van der Waals surface area (Å²) in [7, 11) is 0. The van der Waals surface area contributed by atoms with Gasteiger partial charge in [0, 0.05) is 13.0 Å². The lowest BCUT2D eigenvalue weighted by Crippen LogP contribution is -2.34. The van der Waals surface area contributed by atoms with Gasteiger partial charge in [-0.05, 0) is 56.8 Å². The number of amides is 2. The Morgan fingerprint density at radius 2 is 1.71 bits per heavy atom. The highest BCUT2D eigenvalue weighted by Gasteiger charge is 2.63. The quantitative estimate of drug-likeness (QED) is 0.232. The van der Waals surface area contributed by atoms with Gasteiger partial charge >= 0.3 is 5.97 Å². The summed E-state index contributed by atoms with van der Waals surface area (Å²) in [4.78, 5) is 38.8. The minimum absolute atomic E-state index is 0.0505. The van der Waals surface area contributed by atoms with Crippen molar-refractivity contribution in [2.24, 2.45) is 29.6 Å². The van der Waals surface area contributed by atoms with Crippen molar-refractivity contribution in [1.29, 1.82) is 0 Å². The van der Waals surface area contributed by atoms with Crippen molar-refractivity contribution in [2.45, 2.75) is 78.4 Å². The Labute approximate surface area is 168 Å². The first-order chi connectivity index (χ1) is 13.5. The van der Waals surface area contributed by atoms with Crippen molar-refractivity contribution in [1.82, 2.24) is 4.90 Å². The molecular weight excluding hydrogens is 358 g/mol. The van der Waals surface area contributed by atoms with E-state index in [1.165, 1.54) is 4.90 Å². The molecule has 2 saturated carbocycles. The summed E-state index contributed by atoms with van der Waals surface area (Å²) in [6.07, 6.45) is 6.29. The lowest BCUT2D eigenvalue weighted by molar-refractivity contribution is -0.175. The van der Waals surface area contributed by atoms with Crippen molar-refractivity contribution in [3.8, 4) is 0 Å². The first-order valence-electron chi connectivity index (χ1n) is 11.1. The standard InChI is InChI=1S/C22H35NO5/c1-4-5-13-27-15(3)28-18(24)9-7-6-8-12-23-21(25)19-16-10-11-17(14(16)2)20(19)22(23)26/h14-17,19-20H,4-13H2,1-3H3. The molecule has 2 aliphatic carbocycles. The minimum atomic E-state index is -0.504. The molecule has 1 heterocycles. The minimum Gasteiger partial charge on any atom is -0.436 e. The van der Waals surface area contributed by atoms with Gasteiger partial charge in [-0.15, -0.1) is 0 Å². The summed E-state index contributed by atoms with van der Waals surface area (Å²) in [6.45, 7) is 7.12. The second-order valence-electron chi connectivity index (χ2n) is 8.74. The molecule has 28 heavy (non-hydrogen) atoms. The number of nitrogens with zero attached hydrogens (tertiary/aromatic N) is 1. The highest BCUT2D eigenvalue weighted by molar-refractivity contribution is 6.06. The number of rotatable bonds is 11. The summed E-state index contributed by atoms with van der Waals surface area (Å²) < 4.78 is 10.6. The summed E-state index contributed by atoms with van der Waals surface area (Å²) >= 11 is 0. The first kappa shape index (κ1) is 21.3. The molecule has 3 aliphatic rings. The molecule has 5 atom stereocenters. The van der Waals surface area contributed by atoms with Crippen LogP contribution in [-0.2, 0) is 23.9 Å². The molecule has 0 aromatic rings. The SMILES string of the molecule is CCCCOC(C)OC(=O)CCCCCN1C(=O)C2C3CCC(C3C)C2C1=O. The molecule has 2 amide bonds. The predicted molar refractivity (Wildman–Crippen MR) is 104 cm³/mol. The van der Waals surface area contributed by atoms with Gasteiger partial charge in [0.1, 0.15) is 0 Å². The van der Waals surface area contributed by atoms with Crippen molar-refractivity contribution in [3.63, 3.8) is 0 Å². The Morgan fingerprint density at radius 1 is 1.07 bits per heavy atom. The van der Waals surface area contributed by atoms with E-state index < -0.39 is 6.29 Å². The fourth-order valence-corrected chi connectivity index (χ4v) is 5.52. The van der Waals surface area contributed by atoms with Crippen LogP contribution < -0.4 is 0 Å². The summed E-state index contributed by atoms with van der Waals surface area (Å²) in [5, 5.41) is 0. The van der Waals surface area contributed by atoms with Crippen LogP contribution in [0.25, 0.3) is 0 Å². The molecule has 0 spiro atoms. The van der Waals surface area contributed by atoms with Crippen LogP contribution in [0, 0.1) is 29.6 Å². The Hall–Kier alpha value is -1.43. The van der Waals surface area contributed by atoms with Gasteiger partial charge < -0.3 is 9.47 Å². The molecule has 3 rings (SSSR count). The maximum atomic E-state index is 12.8. The third-order valence-electron chi connectivity index (χ3n) is 7.01. The van der Waals surface area contributed by atoms with Crippen LogP contribution in [0.4, 0.5) is 0 Å². The van der Waals surface area contributed by atoms with E-state index in [4.69, 9.17) is 9.47 Å². The molecule has 3 fully saturated rings. The zero-order valence-electron chi connectivity index (χ0n) is 17.5. The normalized spacial score (nSPS) is 32.1. The van der Waals surface area contributed by atoms with E-state index in [-0.39, 0.29) is 29.6 Å². The predicted octanol–water partition coefficient (Wildman–Crippen LogP) is 3.53. The zero-order chi connectivity index (χ0) is 20.3. The van der Waals surface area contributed by atoms with Gasteiger partial charge in [-0.1, -0.05) is 26.7 Å². The first-order valence-corrected chi connectivity index (χ1v) is 11.1. The number of hydrogen-bond acceptors (Lipinski definition) is 5. The molecule has 5 unspecified atom stereocenters. The van der Waals surface area contributed by atoms with E-state index >= 15 is 0 Å². The maximum Gasteiger partial charge on any atom is 0.308 e.